The fourth-order valence-corrected chi connectivity index (χ4v) is 6.24. The van der Waals surface area contributed by atoms with Crippen LogP contribution in [0.5, 0.6) is 0 Å². The maximum Gasteiger partial charge on any atom is 0.413 e. The van der Waals surface area contributed by atoms with Crippen molar-refractivity contribution >= 4 is 6.09 Å². The van der Waals surface area contributed by atoms with Crippen LogP contribution >= 0.6 is 0 Å². The van der Waals surface area contributed by atoms with Gasteiger partial charge >= 0.3 is 6.09 Å². The molecule has 2 fully saturated rings. The van der Waals surface area contributed by atoms with Crippen molar-refractivity contribution in [3.63, 3.8) is 0 Å². The number of hydrogen-bond donors (Lipinski definition) is 0. The average molecular weight is 499 g/mol. The molecule has 0 aliphatic carbocycles. The highest BCUT2D eigenvalue weighted by molar-refractivity contribution is 5.71. The van der Waals surface area contributed by atoms with Gasteiger partial charge in [0.2, 0.25) is 5.79 Å². The number of carbonyl (C=O) groups is 1. The van der Waals surface area contributed by atoms with Gasteiger partial charge in [0.1, 0.15) is 5.60 Å². The molecule has 0 saturated carbocycles. The second kappa shape index (κ2) is 9.46. The molecule has 5 rings (SSSR count). The van der Waals surface area contributed by atoms with Crippen molar-refractivity contribution in [3.8, 4) is 0 Å². The molecule has 0 radical (unpaired) electrons. The molecule has 2 aliphatic rings. The van der Waals surface area contributed by atoms with Crippen LogP contribution in [0, 0.1) is 0 Å². The van der Waals surface area contributed by atoms with Gasteiger partial charge in [-0.15, -0.1) is 6.58 Å². The summed E-state index contributed by atoms with van der Waals surface area (Å²) in [7, 11) is 0. The molecule has 2 bridgehead atoms. The maximum atomic E-state index is 17.0. The number of fused-ring (bicyclic) bond motifs is 2. The molecule has 5 heteroatoms. The van der Waals surface area contributed by atoms with E-state index in [2.05, 4.69) is 47.9 Å². The smallest absolute Gasteiger partial charge is 0.413 e. The lowest BCUT2D eigenvalue weighted by molar-refractivity contribution is -0.115. The van der Waals surface area contributed by atoms with Gasteiger partial charge in [0.25, 0.3) is 0 Å². The Kier molecular flexibility index (Phi) is 6.45. The minimum Gasteiger partial charge on any atom is -0.444 e. The zero-order chi connectivity index (χ0) is 26.3. The molecule has 3 atom stereocenters. The molecule has 3 aromatic rings. The minimum atomic E-state index is -1.86. The third kappa shape index (κ3) is 4.25. The van der Waals surface area contributed by atoms with Gasteiger partial charge in [-0.05, 0) is 43.9 Å². The lowest BCUT2D eigenvalue weighted by Gasteiger charge is -2.56. The van der Waals surface area contributed by atoms with Crippen LogP contribution in [0.4, 0.5) is 9.18 Å². The third-order valence-electron chi connectivity index (χ3n) is 7.59. The van der Waals surface area contributed by atoms with Crippen molar-refractivity contribution in [2.45, 2.75) is 62.6 Å². The predicted octanol–water partition coefficient (Wildman–Crippen LogP) is 6.91. The second-order valence-corrected chi connectivity index (χ2v) is 11.0. The zero-order valence-corrected chi connectivity index (χ0v) is 21.8. The monoisotopic (exact) mass is 498 g/mol. The minimum absolute atomic E-state index is 0.0259. The summed E-state index contributed by atoms with van der Waals surface area (Å²) in [5, 5.41) is 0. The molecule has 0 unspecified atom stereocenters. The average Bonchev–Trinajstić information content (AvgIpc) is 3.15. The molecule has 3 aromatic carbocycles. The normalized spacial score (nSPS) is 24.1. The highest BCUT2D eigenvalue weighted by Gasteiger charge is 2.62. The summed E-state index contributed by atoms with van der Waals surface area (Å²) in [6.07, 6.45) is 2.06. The number of piperazine rings is 1. The van der Waals surface area contributed by atoms with Gasteiger partial charge in [-0.3, -0.25) is 9.80 Å². The van der Waals surface area contributed by atoms with E-state index >= 15 is 4.39 Å². The van der Waals surface area contributed by atoms with Gasteiger partial charge in [0, 0.05) is 12.5 Å². The summed E-state index contributed by atoms with van der Waals surface area (Å²) in [5.74, 6) is -1.86. The fourth-order valence-electron chi connectivity index (χ4n) is 6.24. The van der Waals surface area contributed by atoms with E-state index in [-0.39, 0.29) is 19.0 Å². The van der Waals surface area contributed by atoms with Gasteiger partial charge in [0.05, 0.1) is 18.1 Å². The predicted molar refractivity (Wildman–Crippen MR) is 145 cm³/mol. The number of amides is 1. The van der Waals surface area contributed by atoms with Crippen LogP contribution in [0.3, 0.4) is 0 Å². The number of alkyl halides is 1. The van der Waals surface area contributed by atoms with Crippen LogP contribution in [0.2, 0.25) is 0 Å². The molecule has 37 heavy (non-hydrogen) atoms. The summed E-state index contributed by atoms with van der Waals surface area (Å²) in [5.41, 5.74) is 1.59. The van der Waals surface area contributed by atoms with Crippen molar-refractivity contribution in [3.05, 3.63) is 120 Å². The Balaban J connectivity index is 1.73. The Morgan fingerprint density at radius 2 is 1.38 bits per heavy atom. The fraction of sp³-hybridized carbons (Fsp3) is 0.344. The number of benzene rings is 3. The van der Waals surface area contributed by atoms with Crippen molar-refractivity contribution < 1.29 is 13.9 Å². The number of rotatable bonds is 5. The summed E-state index contributed by atoms with van der Waals surface area (Å²) in [4.78, 5) is 16.9. The Morgan fingerprint density at radius 3 is 1.78 bits per heavy atom. The second-order valence-electron chi connectivity index (χ2n) is 11.0. The SMILES string of the molecule is C=C[C@@H]1[C@@H]2CC[C@](F)(CN1C(c1ccccc1)(c1ccccc1)c1ccccc1)N2C(=O)OC(C)(C)C. The first-order valence-corrected chi connectivity index (χ1v) is 13.0. The van der Waals surface area contributed by atoms with Crippen LogP contribution in [-0.2, 0) is 10.3 Å². The molecule has 0 spiro atoms. The molecule has 4 nitrogen and oxygen atoms in total. The van der Waals surface area contributed by atoms with E-state index in [0.717, 1.165) is 16.7 Å². The third-order valence-corrected chi connectivity index (χ3v) is 7.59. The van der Waals surface area contributed by atoms with Crippen LogP contribution in [-0.4, -0.2) is 45.9 Å². The molecule has 0 aromatic heterocycles. The van der Waals surface area contributed by atoms with Crippen LogP contribution < -0.4 is 0 Å². The first kappa shape index (κ1) is 25.2. The van der Waals surface area contributed by atoms with E-state index < -0.39 is 29.1 Å². The Labute approximate surface area is 219 Å². The zero-order valence-electron chi connectivity index (χ0n) is 21.8. The number of ether oxygens (including phenoxy) is 1. The van der Waals surface area contributed by atoms with E-state index in [1.165, 1.54) is 4.90 Å². The lowest BCUT2D eigenvalue weighted by atomic mass is 9.73. The quantitative estimate of drug-likeness (QED) is 0.218. The molecule has 192 valence electrons. The van der Waals surface area contributed by atoms with E-state index in [0.29, 0.717) is 6.42 Å². The maximum absolute atomic E-state index is 17.0. The topological polar surface area (TPSA) is 32.8 Å². The summed E-state index contributed by atoms with van der Waals surface area (Å²) >= 11 is 0. The van der Waals surface area contributed by atoms with Crippen LogP contribution in [0.15, 0.2) is 104 Å². The Hall–Kier alpha value is -3.44. The lowest BCUT2D eigenvalue weighted by Crippen LogP contribution is -2.69. The first-order valence-electron chi connectivity index (χ1n) is 13.0. The number of hydrogen-bond acceptors (Lipinski definition) is 3. The van der Waals surface area contributed by atoms with Gasteiger partial charge in [-0.1, -0.05) is 97.1 Å². The highest BCUT2D eigenvalue weighted by Crippen LogP contribution is 2.52. The first-order chi connectivity index (χ1) is 17.7. The van der Waals surface area contributed by atoms with Crippen molar-refractivity contribution in [2.75, 3.05) is 6.54 Å². The van der Waals surface area contributed by atoms with Crippen LogP contribution in [0.25, 0.3) is 0 Å². The van der Waals surface area contributed by atoms with Gasteiger partial charge < -0.3 is 4.74 Å². The van der Waals surface area contributed by atoms with E-state index in [4.69, 9.17) is 4.74 Å². The van der Waals surface area contributed by atoms with Crippen molar-refractivity contribution in [2.24, 2.45) is 0 Å². The molecule has 2 heterocycles. The molecule has 0 N–H and O–H groups in total. The standard InChI is InChI=1S/C32H35FN2O2/c1-5-27-28-21-22-31(33,35(28)29(36)37-30(2,3)4)23-34(27)32(24-15-9-6-10-16-24,25-17-11-7-12-18-25)26-19-13-8-14-20-26/h5-20,27-28H,1,21-23H2,2-4H3/t27-,28+,31-/m1/s1. The van der Waals surface area contributed by atoms with E-state index in [1.807, 2.05) is 81.4 Å². The molecule has 2 saturated heterocycles. The van der Waals surface area contributed by atoms with E-state index in [9.17, 15) is 4.79 Å². The summed E-state index contributed by atoms with van der Waals surface area (Å²) < 4.78 is 22.7. The summed E-state index contributed by atoms with van der Waals surface area (Å²) in [6.45, 7) is 9.65. The van der Waals surface area contributed by atoms with Gasteiger partial charge in [0.15, 0.2) is 0 Å². The largest absolute Gasteiger partial charge is 0.444 e. The van der Waals surface area contributed by atoms with Gasteiger partial charge in [-0.25, -0.2) is 9.18 Å². The summed E-state index contributed by atoms with van der Waals surface area (Å²) in [6, 6.07) is 30.0. The van der Waals surface area contributed by atoms with Crippen LogP contribution in [0.1, 0.15) is 50.3 Å². The van der Waals surface area contributed by atoms with E-state index in [1.54, 1.807) is 0 Å². The molecule has 1 amide bonds. The Bertz CT molecular complexity index is 1150. The number of halogens is 1. The Morgan fingerprint density at radius 1 is 0.919 bits per heavy atom. The van der Waals surface area contributed by atoms with Gasteiger partial charge in [-0.2, -0.15) is 0 Å². The van der Waals surface area contributed by atoms with Crippen molar-refractivity contribution in [1.82, 2.24) is 9.80 Å². The molecular weight excluding hydrogens is 463 g/mol. The number of nitrogens with zero attached hydrogens (tertiary/aromatic N) is 2. The number of likely N-dealkylation sites (tertiary alicyclic amines) is 1. The number of carbonyl (C=O) groups excluding carboxylic acids is 1. The highest BCUT2D eigenvalue weighted by atomic mass is 19.1. The molecular formula is C32H35FN2O2. The van der Waals surface area contributed by atoms with Crippen molar-refractivity contribution in [1.29, 1.82) is 0 Å². The molecule has 2 aliphatic heterocycles.